The molecule has 0 aromatic rings. The summed E-state index contributed by atoms with van der Waals surface area (Å²) in [5.41, 5.74) is 0. The van der Waals surface area contributed by atoms with E-state index in [1.807, 2.05) is 21.1 Å². The lowest BCUT2D eigenvalue weighted by molar-refractivity contribution is -0.870. The van der Waals surface area contributed by atoms with Gasteiger partial charge in [-0.1, -0.05) is 172 Å². The second-order valence-corrected chi connectivity index (χ2v) is 18.9. The van der Waals surface area contributed by atoms with Crippen molar-refractivity contribution in [3.63, 3.8) is 0 Å². The fourth-order valence-electron chi connectivity index (χ4n) is 6.63. The molecule has 0 aliphatic rings. The summed E-state index contributed by atoms with van der Waals surface area (Å²) in [7, 11) is 1.35. The van der Waals surface area contributed by atoms with Crippen molar-refractivity contribution >= 4 is 13.8 Å². The van der Waals surface area contributed by atoms with Crippen molar-refractivity contribution in [2.75, 3.05) is 54.1 Å². The van der Waals surface area contributed by atoms with Crippen LogP contribution in [0.5, 0.6) is 0 Å². The number of allylic oxidation sites excluding steroid dienone is 6. The van der Waals surface area contributed by atoms with Crippen LogP contribution in [-0.2, 0) is 27.9 Å². The number of likely N-dealkylation sites (N-methyl/N-ethyl adjacent to an activating group) is 1. The van der Waals surface area contributed by atoms with Gasteiger partial charge in [0.1, 0.15) is 19.3 Å². The number of phosphoric ester groups is 1. The van der Waals surface area contributed by atoms with Crippen molar-refractivity contribution in [1.29, 1.82) is 0 Å². The fourth-order valence-corrected chi connectivity index (χ4v) is 7.36. The van der Waals surface area contributed by atoms with Crippen LogP contribution in [0, 0.1) is 0 Å². The highest BCUT2D eigenvalue weighted by molar-refractivity contribution is 7.45. The minimum Gasteiger partial charge on any atom is -0.756 e. The largest absolute Gasteiger partial charge is 0.756 e. The molecule has 0 aromatic heterocycles. The van der Waals surface area contributed by atoms with Crippen LogP contribution in [0.2, 0.25) is 0 Å². The molecule has 0 aliphatic heterocycles. The van der Waals surface area contributed by atoms with Crippen LogP contribution in [0.4, 0.5) is 0 Å². The molecule has 0 fully saturated rings. The Kier molecular flexibility index (Phi) is 41.5. The molecule has 0 aromatic carbocycles. The van der Waals surface area contributed by atoms with Gasteiger partial charge in [0.05, 0.1) is 34.4 Å². The van der Waals surface area contributed by atoms with Gasteiger partial charge in [-0.15, -0.1) is 0 Å². The lowest BCUT2D eigenvalue weighted by Crippen LogP contribution is -2.37. The molecule has 342 valence electrons. The standard InChI is InChI=1S/C49H94NO7P/c1-6-8-10-12-14-16-18-20-22-23-24-25-26-27-28-29-31-33-35-37-39-41-44-54-46-48(47-56-58(52,53)55-45-43-50(3,4)5)57-49(51)42-40-38-36-34-32-30-21-19-17-15-13-11-9-7-2/h18-21,23-24,48H,6-17,22,25-47H2,1-5H3/b20-18-,21-19-,24-23-. The molecule has 2 atom stereocenters. The van der Waals surface area contributed by atoms with E-state index in [-0.39, 0.29) is 25.8 Å². The predicted molar refractivity (Wildman–Crippen MR) is 245 cm³/mol. The Morgan fingerprint density at radius 1 is 0.534 bits per heavy atom. The molecule has 0 aliphatic carbocycles. The van der Waals surface area contributed by atoms with Crippen LogP contribution >= 0.6 is 7.82 Å². The molecule has 0 saturated heterocycles. The number of ether oxygens (including phenoxy) is 2. The Morgan fingerprint density at radius 3 is 1.41 bits per heavy atom. The first-order valence-corrected chi connectivity index (χ1v) is 25.7. The van der Waals surface area contributed by atoms with E-state index < -0.39 is 13.9 Å². The van der Waals surface area contributed by atoms with E-state index in [9.17, 15) is 14.3 Å². The number of esters is 1. The minimum absolute atomic E-state index is 0.0241. The molecule has 0 saturated carbocycles. The monoisotopic (exact) mass is 840 g/mol. The van der Waals surface area contributed by atoms with E-state index in [0.717, 1.165) is 51.4 Å². The molecule has 58 heavy (non-hydrogen) atoms. The van der Waals surface area contributed by atoms with Gasteiger partial charge in [0.2, 0.25) is 0 Å². The third-order valence-corrected chi connectivity index (χ3v) is 11.4. The number of carbonyl (C=O) groups is 1. The number of nitrogens with zero attached hydrogens (tertiary/aromatic N) is 1. The fraction of sp³-hybridized carbons (Fsp3) is 0.857. The third kappa shape index (κ3) is 45.8. The molecule has 0 N–H and O–H groups in total. The van der Waals surface area contributed by atoms with Gasteiger partial charge in [-0.25, -0.2) is 0 Å². The quantitative estimate of drug-likeness (QED) is 0.0198. The number of unbranched alkanes of at least 4 members (excludes halogenated alkanes) is 25. The molecule has 0 radical (unpaired) electrons. The molecule has 2 unspecified atom stereocenters. The smallest absolute Gasteiger partial charge is 0.306 e. The number of carbonyl (C=O) groups excluding carboxylic acids is 1. The number of quaternary nitrogens is 1. The van der Waals surface area contributed by atoms with Gasteiger partial charge in [0, 0.05) is 13.0 Å². The van der Waals surface area contributed by atoms with Crippen LogP contribution in [0.3, 0.4) is 0 Å². The summed E-state index contributed by atoms with van der Waals surface area (Å²) in [4.78, 5) is 25.1. The summed E-state index contributed by atoms with van der Waals surface area (Å²) < 4.78 is 34.7. The normalized spacial score (nSPS) is 14.0. The molecular weight excluding hydrogens is 746 g/mol. The number of hydrogen-bond acceptors (Lipinski definition) is 7. The van der Waals surface area contributed by atoms with Crippen molar-refractivity contribution in [2.45, 2.75) is 219 Å². The van der Waals surface area contributed by atoms with Crippen LogP contribution in [0.1, 0.15) is 213 Å². The van der Waals surface area contributed by atoms with Crippen molar-refractivity contribution in [2.24, 2.45) is 0 Å². The summed E-state index contributed by atoms with van der Waals surface area (Å²) in [6.45, 7) is 5.39. The summed E-state index contributed by atoms with van der Waals surface area (Å²) in [6.07, 6.45) is 50.2. The number of rotatable bonds is 45. The molecule has 0 bridgehead atoms. The number of hydrogen-bond donors (Lipinski definition) is 0. The second kappa shape index (κ2) is 42.4. The van der Waals surface area contributed by atoms with Crippen LogP contribution in [0.15, 0.2) is 36.5 Å². The van der Waals surface area contributed by atoms with E-state index in [2.05, 4.69) is 50.3 Å². The first kappa shape index (κ1) is 56.7. The average molecular weight is 840 g/mol. The summed E-state index contributed by atoms with van der Waals surface area (Å²) in [5.74, 6) is -0.343. The van der Waals surface area contributed by atoms with Crippen molar-refractivity contribution < 1.29 is 37.3 Å². The van der Waals surface area contributed by atoms with E-state index in [1.54, 1.807) is 0 Å². The Morgan fingerprint density at radius 2 is 0.948 bits per heavy atom. The van der Waals surface area contributed by atoms with Gasteiger partial charge in [-0.2, -0.15) is 0 Å². The summed E-state index contributed by atoms with van der Waals surface area (Å²) in [6, 6.07) is 0. The van der Waals surface area contributed by atoms with Crippen molar-refractivity contribution in [3.8, 4) is 0 Å². The van der Waals surface area contributed by atoms with Crippen molar-refractivity contribution in [3.05, 3.63) is 36.5 Å². The zero-order valence-electron chi connectivity index (χ0n) is 38.7. The van der Waals surface area contributed by atoms with Gasteiger partial charge in [0.25, 0.3) is 7.82 Å². The lowest BCUT2D eigenvalue weighted by Gasteiger charge is -2.28. The molecule has 0 rings (SSSR count). The van der Waals surface area contributed by atoms with E-state index >= 15 is 0 Å². The zero-order chi connectivity index (χ0) is 42.7. The Labute approximate surface area is 359 Å². The maximum Gasteiger partial charge on any atom is 0.306 e. The molecule has 0 spiro atoms. The highest BCUT2D eigenvalue weighted by Crippen LogP contribution is 2.38. The topological polar surface area (TPSA) is 94.1 Å². The second-order valence-electron chi connectivity index (χ2n) is 17.5. The minimum atomic E-state index is -4.53. The van der Waals surface area contributed by atoms with Crippen LogP contribution in [0.25, 0.3) is 0 Å². The first-order chi connectivity index (χ1) is 28.1. The first-order valence-electron chi connectivity index (χ1n) is 24.2. The highest BCUT2D eigenvalue weighted by Gasteiger charge is 2.20. The maximum atomic E-state index is 12.7. The Balaban J connectivity index is 4.15. The van der Waals surface area contributed by atoms with E-state index in [4.69, 9.17) is 18.5 Å². The molecule has 0 amide bonds. The molecule has 8 nitrogen and oxygen atoms in total. The van der Waals surface area contributed by atoms with Gasteiger partial charge in [-0.3, -0.25) is 9.36 Å². The third-order valence-electron chi connectivity index (χ3n) is 10.4. The van der Waals surface area contributed by atoms with E-state index in [0.29, 0.717) is 24.1 Å². The van der Waals surface area contributed by atoms with Gasteiger partial charge >= 0.3 is 5.97 Å². The lowest BCUT2D eigenvalue weighted by atomic mass is 10.1. The number of phosphoric acid groups is 1. The Hall–Kier alpha value is -1.28. The van der Waals surface area contributed by atoms with Crippen LogP contribution < -0.4 is 4.89 Å². The van der Waals surface area contributed by atoms with Crippen molar-refractivity contribution in [1.82, 2.24) is 0 Å². The van der Waals surface area contributed by atoms with E-state index in [1.165, 1.54) is 141 Å². The average Bonchev–Trinajstić information content (AvgIpc) is 3.18. The summed E-state index contributed by atoms with van der Waals surface area (Å²) >= 11 is 0. The SMILES string of the molecule is CCCCCCC/C=C\C/C=C\CCCCCCCCCCCCOCC(COP(=O)([O-])OCC[N+](C)(C)C)OC(=O)CCCCCCC/C=C\CCCCCCC. The molecule has 9 heteroatoms. The van der Waals surface area contributed by atoms with Crippen LogP contribution in [-0.4, -0.2) is 70.7 Å². The Bertz CT molecular complexity index is 1020. The zero-order valence-corrected chi connectivity index (χ0v) is 39.6. The van der Waals surface area contributed by atoms with Gasteiger partial charge in [0.15, 0.2) is 0 Å². The van der Waals surface area contributed by atoms with Gasteiger partial charge in [-0.05, 0) is 70.6 Å². The highest BCUT2D eigenvalue weighted by atomic mass is 31.2. The molecule has 0 heterocycles. The predicted octanol–water partition coefficient (Wildman–Crippen LogP) is 13.9. The summed E-state index contributed by atoms with van der Waals surface area (Å²) in [5, 5.41) is 0. The maximum absolute atomic E-state index is 12.7. The van der Waals surface area contributed by atoms with Gasteiger partial charge < -0.3 is 27.9 Å². The molecular formula is C49H94NO7P.